The fourth-order valence-corrected chi connectivity index (χ4v) is 4.45. The topological polar surface area (TPSA) is 59.7 Å². The fraction of sp³-hybridized carbons (Fsp3) is 0.148. The zero-order chi connectivity index (χ0) is 23.7. The number of halogens is 1. The number of carbonyl (C=O) groups is 1. The zero-order valence-electron chi connectivity index (χ0n) is 18.9. The molecule has 1 unspecified atom stereocenters. The normalized spacial score (nSPS) is 15.3. The molecular formula is C27H23BrN4O2. The van der Waals surface area contributed by atoms with Gasteiger partial charge in [0.15, 0.2) is 0 Å². The number of hydrogen-bond acceptors (Lipinski definition) is 4. The fourth-order valence-electron chi connectivity index (χ4n) is 4.19. The Morgan fingerprint density at radius 3 is 2.26 bits per heavy atom. The number of nitrogens with zero attached hydrogens (tertiary/aromatic N) is 4. The monoisotopic (exact) mass is 514 g/mol. The molecule has 3 aromatic carbocycles. The summed E-state index contributed by atoms with van der Waals surface area (Å²) in [6.45, 7) is 3.48. The average molecular weight is 515 g/mol. The second-order valence-electron chi connectivity index (χ2n) is 8.10. The van der Waals surface area contributed by atoms with E-state index in [1.807, 2.05) is 91.9 Å². The third-order valence-electron chi connectivity index (χ3n) is 5.76. The second-order valence-corrected chi connectivity index (χ2v) is 9.02. The Bertz CT molecular complexity index is 1350. The number of para-hydroxylation sites is 2. The number of hydrogen-bond donors (Lipinski definition) is 0. The SMILES string of the molecule is CC(=O)N1N=C(c2ccc(Br)cc2)CC1c1c(C)nn(-c2ccccc2)c1Oc1ccccc1. The molecular weight excluding hydrogens is 492 g/mol. The summed E-state index contributed by atoms with van der Waals surface area (Å²) >= 11 is 3.48. The highest BCUT2D eigenvalue weighted by Gasteiger charge is 2.37. The second kappa shape index (κ2) is 9.27. The number of aromatic nitrogens is 2. The molecule has 0 radical (unpaired) electrons. The first kappa shape index (κ1) is 22.1. The van der Waals surface area contributed by atoms with E-state index in [4.69, 9.17) is 14.9 Å². The number of carbonyl (C=O) groups excluding carboxylic acids is 1. The largest absolute Gasteiger partial charge is 0.439 e. The summed E-state index contributed by atoms with van der Waals surface area (Å²) in [5.74, 6) is 1.15. The van der Waals surface area contributed by atoms with Crippen molar-refractivity contribution >= 4 is 27.5 Å². The van der Waals surface area contributed by atoms with Crippen LogP contribution in [-0.4, -0.2) is 26.4 Å². The van der Waals surface area contributed by atoms with Crippen LogP contribution in [0.2, 0.25) is 0 Å². The molecule has 1 aliphatic heterocycles. The first-order valence-corrected chi connectivity index (χ1v) is 11.8. The van der Waals surface area contributed by atoms with Crippen molar-refractivity contribution < 1.29 is 9.53 Å². The molecule has 170 valence electrons. The number of benzene rings is 3. The van der Waals surface area contributed by atoms with Crippen molar-refractivity contribution in [2.75, 3.05) is 0 Å². The minimum Gasteiger partial charge on any atom is -0.439 e. The van der Waals surface area contributed by atoms with Gasteiger partial charge >= 0.3 is 0 Å². The van der Waals surface area contributed by atoms with Gasteiger partial charge in [0.25, 0.3) is 0 Å². The maximum absolute atomic E-state index is 12.7. The van der Waals surface area contributed by atoms with Crippen molar-refractivity contribution in [2.45, 2.75) is 26.3 Å². The third-order valence-corrected chi connectivity index (χ3v) is 6.29. The Balaban J connectivity index is 1.61. The summed E-state index contributed by atoms with van der Waals surface area (Å²) in [6.07, 6.45) is 0.563. The Hall–Kier alpha value is -3.71. The van der Waals surface area contributed by atoms with E-state index in [-0.39, 0.29) is 11.9 Å². The predicted octanol–water partition coefficient (Wildman–Crippen LogP) is 6.43. The summed E-state index contributed by atoms with van der Waals surface area (Å²) < 4.78 is 9.21. The average Bonchev–Trinajstić information content (AvgIpc) is 3.42. The molecule has 0 fully saturated rings. The molecule has 1 aromatic heterocycles. The van der Waals surface area contributed by atoms with Crippen molar-refractivity contribution in [1.29, 1.82) is 0 Å². The third kappa shape index (κ3) is 4.26. The molecule has 0 aliphatic carbocycles. The van der Waals surface area contributed by atoms with E-state index < -0.39 is 0 Å². The highest BCUT2D eigenvalue weighted by molar-refractivity contribution is 9.10. The Morgan fingerprint density at radius 1 is 0.971 bits per heavy atom. The maximum atomic E-state index is 12.7. The van der Waals surface area contributed by atoms with Crippen molar-refractivity contribution in [3.63, 3.8) is 0 Å². The van der Waals surface area contributed by atoms with Crippen LogP contribution in [0.5, 0.6) is 11.6 Å². The molecule has 0 bridgehead atoms. The van der Waals surface area contributed by atoms with E-state index in [2.05, 4.69) is 15.9 Å². The smallest absolute Gasteiger partial charge is 0.240 e. The van der Waals surface area contributed by atoms with Crippen LogP contribution < -0.4 is 4.74 Å². The van der Waals surface area contributed by atoms with Gasteiger partial charge in [-0.1, -0.05) is 64.5 Å². The first-order valence-electron chi connectivity index (χ1n) is 11.0. The van der Waals surface area contributed by atoms with Crippen LogP contribution in [0.4, 0.5) is 0 Å². The quantitative estimate of drug-likeness (QED) is 0.308. The zero-order valence-corrected chi connectivity index (χ0v) is 20.4. The van der Waals surface area contributed by atoms with Crippen LogP contribution in [0.3, 0.4) is 0 Å². The van der Waals surface area contributed by atoms with Crippen LogP contribution in [0.1, 0.15) is 36.2 Å². The lowest BCUT2D eigenvalue weighted by molar-refractivity contribution is -0.130. The van der Waals surface area contributed by atoms with Gasteiger partial charge in [0, 0.05) is 17.8 Å². The molecule has 0 saturated carbocycles. The van der Waals surface area contributed by atoms with E-state index in [1.165, 1.54) is 6.92 Å². The standard InChI is InChI=1S/C27H23BrN4O2/c1-18-26(25-17-24(30-31(25)19(2)33)20-13-15-21(28)16-14-20)27(34-23-11-7-4-8-12-23)32(29-18)22-9-5-3-6-10-22/h3-16,25H,17H2,1-2H3. The Morgan fingerprint density at radius 2 is 1.62 bits per heavy atom. The van der Waals surface area contributed by atoms with Crippen molar-refractivity contribution in [3.8, 4) is 17.3 Å². The van der Waals surface area contributed by atoms with Gasteiger partial charge in [-0.05, 0) is 48.9 Å². The molecule has 1 aliphatic rings. The maximum Gasteiger partial charge on any atom is 0.240 e. The van der Waals surface area contributed by atoms with Crippen molar-refractivity contribution in [3.05, 3.63) is 106 Å². The number of aryl methyl sites for hydroxylation is 1. The van der Waals surface area contributed by atoms with Crippen LogP contribution in [0.15, 0.2) is 94.5 Å². The number of rotatable bonds is 5. The van der Waals surface area contributed by atoms with Crippen LogP contribution in [0, 0.1) is 6.92 Å². The lowest BCUT2D eigenvalue weighted by Crippen LogP contribution is -2.25. The molecule has 0 saturated heterocycles. The Labute approximate surface area is 206 Å². The summed E-state index contributed by atoms with van der Waals surface area (Å²) in [6, 6.07) is 27.1. The highest BCUT2D eigenvalue weighted by Crippen LogP contribution is 2.42. The van der Waals surface area contributed by atoms with Gasteiger partial charge in [0.05, 0.1) is 28.7 Å². The molecule has 0 spiro atoms. The summed E-state index contributed by atoms with van der Waals surface area (Å²) in [5.41, 5.74) is 4.35. The van der Waals surface area contributed by atoms with Gasteiger partial charge < -0.3 is 4.74 Å². The molecule has 1 atom stereocenters. The minimum atomic E-state index is -0.327. The molecule has 4 aromatic rings. The lowest BCUT2D eigenvalue weighted by atomic mass is 9.98. The van der Waals surface area contributed by atoms with Crippen molar-refractivity contribution in [1.82, 2.24) is 14.8 Å². The highest BCUT2D eigenvalue weighted by atomic mass is 79.9. The van der Waals surface area contributed by atoms with Gasteiger partial charge in [-0.25, -0.2) is 9.69 Å². The van der Waals surface area contributed by atoms with Gasteiger partial charge in [-0.3, -0.25) is 4.79 Å². The molecule has 5 rings (SSSR count). The Kier molecular flexibility index (Phi) is 6.02. The van der Waals surface area contributed by atoms with Gasteiger partial charge in [0.1, 0.15) is 5.75 Å². The number of ether oxygens (including phenoxy) is 1. The lowest BCUT2D eigenvalue weighted by Gasteiger charge is -2.21. The van der Waals surface area contributed by atoms with E-state index >= 15 is 0 Å². The molecule has 2 heterocycles. The van der Waals surface area contributed by atoms with Gasteiger partial charge in [-0.2, -0.15) is 10.2 Å². The number of hydrazone groups is 1. The summed E-state index contributed by atoms with van der Waals surface area (Å²) in [5, 5.41) is 11.1. The van der Waals surface area contributed by atoms with E-state index in [0.29, 0.717) is 18.1 Å². The molecule has 0 N–H and O–H groups in total. The van der Waals surface area contributed by atoms with Crippen molar-refractivity contribution in [2.24, 2.45) is 5.10 Å². The van der Waals surface area contributed by atoms with Crippen LogP contribution in [0.25, 0.3) is 5.69 Å². The van der Waals surface area contributed by atoms with E-state index in [9.17, 15) is 4.79 Å². The van der Waals surface area contributed by atoms with Gasteiger partial charge in [-0.15, -0.1) is 0 Å². The summed E-state index contributed by atoms with van der Waals surface area (Å²) in [4.78, 5) is 12.7. The van der Waals surface area contributed by atoms with Gasteiger partial charge in [0.2, 0.25) is 11.8 Å². The summed E-state index contributed by atoms with van der Waals surface area (Å²) in [7, 11) is 0. The molecule has 7 heteroatoms. The number of amides is 1. The first-order chi connectivity index (χ1) is 16.5. The molecule has 6 nitrogen and oxygen atoms in total. The van der Waals surface area contributed by atoms with E-state index in [1.54, 1.807) is 9.69 Å². The van der Waals surface area contributed by atoms with E-state index in [0.717, 1.165) is 32.7 Å². The predicted molar refractivity (Wildman–Crippen MR) is 135 cm³/mol. The molecule has 34 heavy (non-hydrogen) atoms. The molecule has 1 amide bonds. The van der Waals surface area contributed by atoms with Crippen LogP contribution in [-0.2, 0) is 4.79 Å². The van der Waals surface area contributed by atoms with Crippen LogP contribution >= 0.6 is 15.9 Å². The minimum absolute atomic E-state index is 0.130.